The van der Waals surface area contributed by atoms with Crippen LogP contribution in [0.15, 0.2) is 0 Å². The molecule has 14 heavy (non-hydrogen) atoms. The lowest BCUT2D eigenvalue weighted by molar-refractivity contribution is 0.223. The standard InChI is InChI=1S/C12H18S2/c1-3-9-11(13-9)5-7(1)8-2-4-10-12(6-8)14-10/h7-12H,1-6H2. The Labute approximate surface area is 95.0 Å². The third kappa shape index (κ3) is 1.44. The molecule has 0 amide bonds. The van der Waals surface area contributed by atoms with E-state index in [0.29, 0.717) is 0 Å². The van der Waals surface area contributed by atoms with Crippen molar-refractivity contribution in [3.8, 4) is 0 Å². The summed E-state index contributed by atoms with van der Waals surface area (Å²) in [5.74, 6) is 2.27. The van der Waals surface area contributed by atoms with Crippen LogP contribution in [0.1, 0.15) is 38.5 Å². The first-order valence-electron chi connectivity index (χ1n) is 6.21. The SMILES string of the molecule is C1CC2SC2CC1C1CCC2SC2C1. The quantitative estimate of drug-likeness (QED) is 0.627. The van der Waals surface area contributed by atoms with Crippen LogP contribution in [0.3, 0.4) is 0 Å². The van der Waals surface area contributed by atoms with Crippen LogP contribution in [0.5, 0.6) is 0 Å². The van der Waals surface area contributed by atoms with Crippen molar-refractivity contribution in [1.29, 1.82) is 0 Å². The Morgan fingerprint density at radius 2 is 1.07 bits per heavy atom. The van der Waals surface area contributed by atoms with Crippen LogP contribution in [-0.4, -0.2) is 21.0 Å². The van der Waals surface area contributed by atoms with E-state index in [4.69, 9.17) is 0 Å². The smallest absolute Gasteiger partial charge is 0.0172 e. The third-order valence-electron chi connectivity index (χ3n) is 4.76. The van der Waals surface area contributed by atoms with E-state index in [-0.39, 0.29) is 0 Å². The molecule has 2 saturated carbocycles. The monoisotopic (exact) mass is 226 g/mol. The molecule has 2 aliphatic heterocycles. The molecule has 6 unspecified atom stereocenters. The van der Waals surface area contributed by atoms with Crippen LogP contribution in [-0.2, 0) is 0 Å². The van der Waals surface area contributed by atoms with Gasteiger partial charge in [-0.25, -0.2) is 0 Å². The van der Waals surface area contributed by atoms with Gasteiger partial charge < -0.3 is 0 Å². The van der Waals surface area contributed by atoms with Crippen LogP contribution in [0.2, 0.25) is 0 Å². The van der Waals surface area contributed by atoms with Gasteiger partial charge in [-0.1, -0.05) is 0 Å². The van der Waals surface area contributed by atoms with E-state index < -0.39 is 0 Å². The minimum Gasteiger partial charge on any atom is -0.153 e. The highest BCUT2D eigenvalue weighted by Crippen LogP contribution is 2.58. The Bertz CT molecular complexity index is 227. The fourth-order valence-corrected chi connectivity index (χ4v) is 6.20. The van der Waals surface area contributed by atoms with E-state index in [9.17, 15) is 0 Å². The molecule has 0 spiro atoms. The highest BCUT2D eigenvalue weighted by Gasteiger charge is 2.49. The van der Waals surface area contributed by atoms with Crippen LogP contribution in [0.25, 0.3) is 0 Å². The first-order chi connectivity index (χ1) is 6.90. The summed E-state index contributed by atoms with van der Waals surface area (Å²) >= 11 is 4.55. The van der Waals surface area contributed by atoms with E-state index in [1.54, 1.807) is 38.5 Å². The zero-order valence-corrected chi connectivity index (χ0v) is 10.2. The lowest BCUT2D eigenvalue weighted by Gasteiger charge is -2.31. The minimum absolute atomic E-state index is 1.11. The molecule has 0 aromatic rings. The van der Waals surface area contributed by atoms with Gasteiger partial charge in [-0.2, -0.15) is 23.5 Å². The van der Waals surface area contributed by atoms with Crippen molar-refractivity contribution < 1.29 is 0 Å². The summed E-state index contributed by atoms with van der Waals surface area (Å²) in [6, 6.07) is 0. The Balaban J connectivity index is 1.41. The molecule has 0 aromatic carbocycles. The summed E-state index contributed by atoms with van der Waals surface area (Å²) in [7, 11) is 0. The topological polar surface area (TPSA) is 0 Å². The van der Waals surface area contributed by atoms with E-state index in [2.05, 4.69) is 23.5 Å². The zero-order valence-electron chi connectivity index (χ0n) is 8.52. The highest BCUT2D eigenvalue weighted by molar-refractivity contribution is 8.08. The van der Waals surface area contributed by atoms with Crippen molar-refractivity contribution in [2.75, 3.05) is 0 Å². The lowest BCUT2D eigenvalue weighted by atomic mass is 9.73. The molecule has 2 heteroatoms. The second-order valence-corrected chi connectivity index (χ2v) is 8.54. The van der Waals surface area contributed by atoms with Crippen LogP contribution in [0.4, 0.5) is 0 Å². The van der Waals surface area contributed by atoms with Crippen molar-refractivity contribution in [2.45, 2.75) is 59.5 Å². The predicted octanol–water partition coefficient (Wildman–Crippen LogP) is 3.55. The summed E-state index contributed by atoms with van der Waals surface area (Å²) in [4.78, 5) is 0. The van der Waals surface area contributed by atoms with E-state index in [0.717, 1.165) is 32.8 Å². The minimum atomic E-state index is 1.11. The molecule has 2 saturated heterocycles. The number of rotatable bonds is 1. The Morgan fingerprint density at radius 1 is 0.571 bits per heavy atom. The maximum absolute atomic E-state index is 2.27. The second kappa shape index (κ2) is 3.10. The van der Waals surface area contributed by atoms with Gasteiger partial charge in [-0.3, -0.25) is 0 Å². The predicted molar refractivity (Wildman–Crippen MR) is 65.0 cm³/mol. The fraction of sp³-hybridized carbons (Fsp3) is 1.00. The molecular formula is C12H18S2. The largest absolute Gasteiger partial charge is 0.153 e. The highest BCUT2D eigenvalue weighted by atomic mass is 32.2. The normalized spacial score (nSPS) is 60.0. The first kappa shape index (κ1) is 8.81. The van der Waals surface area contributed by atoms with Crippen LogP contribution in [0, 0.1) is 11.8 Å². The van der Waals surface area contributed by atoms with Crippen molar-refractivity contribution in [2.24, 2.45) is 11.8 Å². The molecule has 2 aliphatic carbocycles. The molecule has 2 heterocycles. The van der Waals surface area contributed by atoms with Gasteiger partial charge in [0.1, 0.15) is 0 Å². The molecule has 4 rings (SSSR count). The van der Waals surface area contributed by atoms with Gasteiger partial charge in [0.05, 0.1) is 0 Å². The second-order valence-electron chi connectivity index (χ2n) is 5.57. The van der Waals surface area contributed by atoms with Gasteiger partial charge in [0, 0.05) is 21.0 Å². The first-order valence-corrected chi connectivity index (χ1v) is 8.09. The molecule has 0 radical (unpaired) electrons. The van der Waals surface area contributed by atoms with Crippen LogP contribution >= 0.6 is 23.5 Å². The molecule has 0 N–H and O–H groups in total. The van der Waals surface area contributed by atoms with Gasteiger partial charge in [-0.15, -0.1) is 0 Å². The Hall–Kier alpha value is 0.700. The molecule has 78 valence electrons. The average Bonchev–Trinajstić information content (AvgIpc) is 3.10. The fourth-order valence-electron chi connectivity index (χ4n) is 3.73. The number of hydrogen-bond acceptors (Lipinski definition) is 2. The third-order valence-corrected chi connectivity index (χ3v) is 7.70. The maximum Gasteiger partial charge on any atom is 0.0172 e. The number of fused-ring (bicyclic) bond motifs is 2. The summed E-state index contributed by atoms with van der Waals surface area (Å²) in [6.45, 7) is 0. The summed E-state index contributed by atoms with van der Waals surface area (Å²) < 4.78 is 0. The molecular weight excluding hydrogens is 208 g/mol. The zero-order chi connectivity index (χ0) is 9.12. The summed E-state index contributed by atoms with van der Waals surface area (Å²) in [5, 5.41) is 4.44. The van der Waals surface area contributed by atoms with Crippen molar-refractivity contribution in [3.63, 3.8) is 0 Å². The molecule has 4 fully saturated rings. The van der Waals surface area contributed by atoms with Gasteiger partial charge in [0.15, 0.2) is 0 Å². The van der Waals surface area contributed by atoms with Crippen molar-refractivity contribution in [3.05, 3.63) is 0 Å². The van der Waals surface area contributed by atoms with Gasteiger partial charge in [0.2, 0.25) is 0 Å². The van der Waals surface area contributed by atoms with E-state index in [1.807, 2.05) is 0 Å². The van der Waals surface area contributed by atoms with E-state index >= 15 is 0 Å². The molecule has 4 aliphatic rings. The molecule has 0 bridgehead atoms. The average molecular weight is 226 g/mol. The van der Waals surface area contributed by atoms with Gasteiger partial charge >= 0.3 is 0 Å². The van der Waals surface area contributed by atoms with Crippen molar-refractivity contribution in [1.82, 2.24) is 0 Å². The van der Waals surface area contributed by atoms with Crippen molar-refractivity contribution >= 4 is 23.5 Å². The maximum atomic E-state index is 2.27. The van der Waals surface area contributed by atoms with Crippen LogP contribution < -0.4 is 0 Å². The Kier molecular flexibility index (Phi) is 1.95. The number of thioether (sulfide) groups is 2. The van der Waals surface area contributed by atoms with Gasteiger partial charge in [-0.05, 0) is 50.4 Å². The molecule has 6 atom stereocenters. The number of hydrogen-bond donors (Lipinski definition) is 0. The summed E-state index contributed by atoms with van der Waals surface area (Å²) in [5.41, 5.74) is 0. The van der Waals surface area contributed by atoms with E-state index in [1.165, 1.54) is 0 Å². The molecule has 0 nitrogen and oxygen atoms in total. The Morgan fingerprint density at radius 3 is 1.50 bits per heavy atom. The lowest BCUT2D eigenvalue weighted by Crippen LogP contribution is -2.26. The molecule has 0 aromatic heterocycles. The summed E-state index contributed by atoms with van der Waals surface area (Å²) in [6.07, 6.45) is 9.42. The van der Waals surface area contributed by atoms with Gasteiger partial charge in [0.25, 0.3) is 0 Å².